The van der Waals surface area contributed by atoms with Gasteiger partial charge < -0.3 is 10.2 Å². The maximum Gasteiger partial charge on any atom is 0.212 e. The van der Waals surface area contributed by atoms with Crippen LogP contribution in [-0.2, 0) is 7.05 Å². The van der Waals surface area contributed by atoms with Crippen LogP contribution in [0.3, 0.4) is 0 Å². The maximum atomic E-state index is 5.83. The van der Waals surface area contributed by atoms with E-state index in [0.29, 0.717) is 5.69 Å². The van der Waals surface area contributed by atoms with E-state index in [2.05, 4.69) is 54.2 Å². The molecule has 3 heteroatoms. The van der Waals surface area contributed by atoms with Crippen LogP contribution >= 0.6 is 0 Å². The predicted molar refractivity (Wildman–Crippen MR) is 94.7 cm³/mol. The number of rotatable bonds is 2. The molecular formula is C20H17N2O+. The van der Waals surface area contributed by atoms with E-state index in [1.165, 1.54) is 16.5 Å². The molecule has 0 spiro atoms. The molecule has 3 nitrogen and oxygen atoms in total. The summed E-state index contributed by atoms with van der Waals surface area (Å²) in [7, 11) is 2.06. The van der Waals surface area contributed by atoms with Crippen molar-refractivity contribution < 1.29 is 8.98 Å². The summed E-state index contributed by atoms with van der Waals surface area (Å²) >= 11 is 0. The molecule has 4 aromatic rings. The van der Waals surface area contributed by atoms with E-state index in [9.17, 15) is 0 Å². The minimum absolute atomic E-state index is 0.712. The molecule has 0 fully saturated rings. The fourth-order valence-corrected chi connectivity index (χ4v) is 2.86. The second kappa shape index (κ2) is 5.29. The van der Waals surface area contributed by atoms with Gasteiger partial charge >= 0.3 is 0 Å². The van der Waals surface area contributed by atoms with Crippen LogP contribution < -0.4 is 10.3 Å². The number of nitrogen functional groups attached to an aromatic ring is 1. The van der Waals surface area contributed by atoms with Gasteiger partial charge in [-0.15, -0.1) is 0 Å². The second-order valence-electron chi connectivity index (χ2n) is 5.68. The Labute approximate surface area is 134 Å². The molecule has 112 valence electrons. The number of fused-ring (bicyclic) bond motifs is 2. The molecular weight excluding hydrogens is 284 g/mol. The zero-order valence-electron chi connectivity index (χ0n) is 12.9. The zero-order valence-corrected chi connectivity index (χ0v) is 12.9. The van der Waals surface area contributed by atoms with Crippen LogP contribution in [0.25, 0.3) is 34.0 Å². The van der Waals surface area contributed by atoms with Crippen molar-refractivity contribution in [1.29, 1.82) is 0 Å². The first-order valence-electron chi connectivity index (χ1n) is 7.55. The first kappa shape index (κ1) is 13.6. The van der Waals surface area contributed by atoms with Crippen molar-refractivity contribution in [1.82, 2.24) is 0 Å². The van der Waals surface area contributed by atoms with E-state index >= 15 is 0 Å². The Hall–Kier alpha value is -3.07. The normalized spacial score (nSPS) is 11.7. The van der Waals surface area contributed by atoms with Crippen LogP contribution in [0.1, 0.15) is 11.3 Å². The summed E-state index contributed by atoms with van der Waals surface area (Å²) in [4.78, 5) is 0. The molecule has 0 aliphatic rings. The number of nitrogens with zero attached hydrogens (tertiary/aromatic N) is 1. The van der Waals surface area contributed by atoms with E-state index in [-0.39, 0.29) is 0 Å². The van der Waals surface area contributed by atoms with Gasteiger partial charge in [0, 0.05) is 29.3 Å². The number of pyridine rings is 1. The van der Waals surface area contributed by atoms with Gasteiger partial charge in [0.25, 0.3) is 0 Å². The third-order valence-corrected chi connectivity index (χ3v) is 4.06. The van der Waals surface area contributed by atoms with Crippen molar-refractivity contribution in [2.24, 2.45) is 7.05 Å². The number of benzene rings is 2. The minimum atomic E-state index is 0.712. The second-order valence-corrected chi connectivity index (χ2v) is 5.68. The molecule has 2 heterocycles. The van der Waals surface area contributed by atoms with Gasteiger partial charge in [-0.3, -0.25) is 0 Å². The Balaban J connectivity index is 1.77. The highest BCUT2D eigenvalue weighted by molar-refractivity contribution is 5.89. The molecule has 0 amide bonds. The lowest BCUT2D eigenvalue weighted by molar-refractivity contribution is -0.644. The fraction of sp³-hybridized carbons (Fsp3) is 0.0500. The SMILES string of the molecule is C[n+]1ccc(/C=C/c2cc3ccc(N)cc3o2)c2ccccc21. The molecule has 2 aromatic carbocycles. The van der Waals surface area contributed by atoms with Crippen LogP contribution in [0.4, 0.5) is 5.69 Å². The highest BCUT2D eigenvalue weighted by Crippen LogP contribution is 2.24. The van der Waals surface area contributed by atoms with Crippen LogP contribution in [0.5, 0.6) is 0 Å². The van der Waals surface area contributed by atoms with E-state index < -0.39 is 0 Å². The van der Waals surface area contributed by atoms with Gasteiger partial charge in [0.1, 0.15) is 18.4 Å². The predicted octanol–water partition coefficient (Wildman–Crippen LogP) is 4.16. The Bertz CT molecular complexity index is 1040. The van der Waals surface area contributed by atoms with Gasteiger partial charge in [-0.05, 0) is 35.9 Å². The standard InChI is InChI=1S/C20H16N2O/c1-22-11-10-14(18-4-2-3-5-19(18)22)7-9-17-12-15-6-8-16(21)13-20(15)23-17/h2-13,21H,1H3/p+1. The van der Waals surface area contributed by atoms with Crippen molar-refractivity contribution in [3.05, 3.63) is 72.1 Å². The number of para-hydroxylation sites is 1. The van der Waals surface area contributed by atoms with Crippen LogP contribution in [0.15, 0.2) is 65.2 Å². The molecule has 0 aliphatic carbocycles. The lowest BCUT2D eigenvalue weighted by Gasteiger charge is -2.00. The number of hydrogen-bond donors (Lipinski definition) is 1. The average molecular weight is 301 g/mol. The number of hydrogen-bond acceptors (Lipinski definition) is 2. The summed E-state index contributed by atoms with van der Waals surface area (Å²) in [5, 5.41) is 2.28. The number of anilines is 1. The average Bonchev–Trinajstić information content (AvgIpc) is 2.96. The van der Waals surface area contributed by atoms with E-state index in [1.807, 2.05) is 30.3 Å². The molecule has 0 atom stereocenters. The van der Waals surface area contributed by atoms with Crippen molar-refractivity contribution >= 4 is 39.7 Å². The smallest absolute Gasteiger partial charge is 0.212 e. The van der Waals surface area contributed by atoms with Gasteiger partial charge in [-0.1, -0.05) is 18.2 Å². The van der Waals surface area contributed by atoms with Gasteiger partial charge in [0.05, 0.1) is 5.39 Å². The topological polar surface area (TPSA) is 43.0 Å². The molecule has 0 bridgehead atoms. The first-order chi connectivity index (χ1) is 11.2. The molecule has 0 saturated carbocycles. The van der Waals surface area contributed by atoms with Crippen LogP contribution in [-0.4, -0.2) is 0 Å². The maximum absolute atomic E-state index is 5.83. The first-order valence-corrected chi connectivity index (χ1v) is 7.55. The van der Waals surface area contributed by atoms with Gasteiger partial charge in [-0.25, -0.2) is 4.57 Å². The summed E-state index contributed by atoms with van der Waals surface area (Å²) < 4.78 is 7.96. The molecule has 23 heavy (non-hydrogen) atoms. The monoisotopic (exact) mass is 301 g/mol. The van der Waals surface area contributed by atoms with Crippen molar-refractivity contribution in [2.75, 3.05) is 5.73 Å². The lowest BCUT2D eigenvalue weighted by atomic mass is 10.1. The molecule has 0 unspecified atom stereocenters. The third-order valence-electron chi connectivity index (χ3n) is 4.06. The Morgan fingerprint density at radius 3 is 2.78 bits per heavy atom. The molecule has 0 saturated heterocycles. The van der Waals surface area contributed by atoms with Crippen molar-refractivity contribution in [3.8, 4) is 0 Å². The number of aromatic nitrogens is 1. The minimum Gasteiger partial charge on any atom is -0.457 e. The largest absolute Gasteiger partial charge is 0.457 e. The summed E-state index contributed by atoms with van der Waals surface area (Å²) in [5.74, 6) is 0.822. The zero-order chi connectivity index (χ0) is 15.8. The number of aryl methyl sites for hydroxylation is 1. The number of furan rings is 1. The summed E-state index contributed by atoms with van der Waals surface area (Å²) in [6.07, 6.45) is 6.16. The number of nitrogens with two attached hydrogens (primary N) is 1. The van der Waals surface area contributed by atoms with Crippen LogP contribution in [0, 0.1) is 0 Å². The molecule has 4 rings (SSSR count). The summed E-state index contributed by atoms with van der Waals surface area (Å²) in [5.41, 5.74) is 9.69. The summed E-state index contributed by atoms with van der Waals surface area (Å²) in [6.45, 7) is 0. The highest BCUT2D eigenvalue weighted by atomic mass is 16.3. The third kappa shape index (κ3) is 2.46. The molecule has 0 radical (unpaired) electrons. The fourth-order valence-electron chi connectivity index (χ4n) is 2.86. The van der Waals surface area contributed by atoms with Gasteiger partial charge in [0.15, 0.2) is 6.20 Å². The van der Waals surface area contributed by atoms with Gasteiger partial charge in [0.2, 0.25) is 5.52 Å². The molecule has 0 aliphatic heterocycles. The molecule has 2 aromatic heterocycles. The van der Waals surface area contributed by atoms with Crippen molar-refractivity contribution in [3.63, 3.8) is 0 Å². The Morgan fingerprint density at radius 1 is 1.00 bits per heavy atom. The van der Waals surface area contributed by atoms with Crippen molar-refractivity contribution in [2.45, 2.75) is 0 Å². The van der Waals surface area contributed by atoms with Gasteiger partial charge in [-0.2, -0.15) is 0 Å². The quantitative estimate of drug-likeness (QED) is 0.446. The molecule has 2 N–H and O–H groups in total. The Morgan fingerprint density at radius 2 is 1.87 bits per heavy atom. The van der Waals surface area contributed by atoms with E-state index in [1.54, 1.807) is 0 Å². The highest BCUT2D eigenvalue weighted by Gasteiger charge is 2.07. The Kier molecular flexibility index (Phi) is 3.12. The summed E-state index contributed by atoms with van der Waals surface area (Å²) in [6, 6.07) is 18.2. The van der Waals surface area contributed by atoms with Crippen LogP contribution in [0.2, 0.25) is 0 Å². The van der Waals surface area contributed by atoms with E-state index in [0.717, 1.165) is 16.7 Å². The lowest BCUT2D eigenvalue weighted by Crippen LogP contribution is -2.28. The van der Waals surface area contributed by atoms with E-state index in [4.69, 9.17) is 10.2 Å².